The Bertz CT molecular complexity index is 352. The van der Waals surface area contributed by atoms with Crippen LogP contribution in [0.4, 0.5) is 0 Å². The van der Waals surface area contributed by atoms with Crippen LogP contribution in [0.25, 0.3) is 0 Å². The Morgan fingerprint density at radius 1 is 1.14 bits per heavy atom. The van der Waals surface area contributed by atoms with E-state index in [1.165, 1.54) is 12.8 Å². The first-order chi connectivity index (χ1) is 9.71. The largest absolute Gasteiger partial charge is 0.356 e. The van der Waals surface area contributed by atoms with Crippen LogP contribution in [0.5, 0.6) is 0 Å². The first-order valence-electron chi connectivity index (χ1n) is 8.25. The third-order valence-corrected chi connectivity index (χ3v) is 4.46. The second-order valence-corrected chi connectivity index (χ2v) is 7.53. The van der Waals surface area contributed by atoms with Crippen LogP contribution in [-0.2, 0) is 9.59 Å². The van der Waals surface area contributed by atoms with Gasteiger partial charge in [0, 0.05) is 31.5 Å². The molecule has 0 aromatic heterocycles. The summed E-state index contributed by atoms with van der Waals surface area (Å²) in [5, 5.41) is 2.89. The zero-order valence-electron chi connectivity index (χ0n) is 14.4. The molecule has 0 bridgehead atoms. The van der Waals surface area contributed by atoms with E-state index in [0.29, 0.717) is 25.4 Å². The fourth-order valence-corrected chi connectivity index (χ4v) is 2.72. The summed E-state index contributed by atoms with van der Waals surface area (Å²) in [6, 6.07) is 0.415. The number of carbonyl (C=O) groups excluding carboxylic acids is 2. The minimum absolute atomic E-state index is 0.0459. The molecule has 21 heavy (non-hydrogen) atoms. The number of rotatable bonds is 5. The molecule has 1 rings (SSSR count). The van der Waals surface area contributed by atoms with Gasteiger partial charge in [-0.05, 0) is 38.0 Å². The molecule has 0 spiro atoms. The van der Waals surface area contributed by atoms with E-state index < -0.39 is 0 Å². The molecule has 4 nitrogen and oxygen atoms in total. The summed E-state index contributed by atoms with van der Waals surface area (Å²) in [6.07, 6.45) is 5.95. The van der Waals surface area contributed by atoms with E-state index in [9.17, 15) is 9.59 Å². The molecule has 0 aromatic carbocycles. The molecule has 1 aliphatic carbocycles. The van der Waals surface area contributed by atoms with Gasteiger partial charge in [0.05, 0.1) is 0 Å². The number of amides is 2. The van der Waals surface area contributed by atoms with Gasteiger partial charge in [0.2, 0.25) is 11.8 Å². The lowest BCUT2D eigenvalue weighted by Gasteiger charge is -2.33. The van der Waals surface area contributed by atoms with Gasteiger partial charge in [0.25, 0.3) is 0 Å². The van der Waals surface area contributed by atoms with Gasteiger partial charge in [0.15, 0.2) is 0 Å². The van der Waals surface area contributed by atoms with Crippen molar-refractivity contribution in [2.24, 2.45) is 11.3 Å². The molecule has 0 radical (unpaired) electrons. The molecular formula is C17H32N2O2. The lowest BCUT2D eigenvalue weighted by molar-refractivity contribution is -0.133. The quantitative estimate of drug-likeness (QED) is 0.793. The van der Waals surface area contributed by atoms with Crippen molar-refractivity contribution in [1.29, 1.82) is 0 Å². The zero-order valence-corrected chi connectivity index (χ0v) is 14.4. The molecular weight excluding hydrogens is 264 g/mol. The highest BCUT2D eigenvalue weighted by molar-refractivity contribution is 5.81. The predicted octanol–water partition coefficient (Wildman–Crippen LogP) is 2.97. The number of hydrogen-bond donors (Lipinski definition) is 1. The van der Waals surface area contributed by atoms with Gasteiger partial charge in [-0.1, -0.05) is 27.7 Å². The molecule has 0 atom stereocenters. The van der Waals surface area contributed by atoms with Crippen LogP contribution in [0.15, 0.2) is 0 Å². The molecule has 0 aliphatic heterocycles. The molecule has 2 amide bonds. The third-order valence-electron chi connectivity index (χ3n) is 4.46. The molecule has 1 N–H and O–H groups in total. The second-order valence-electron chi connectivity index (χ2n) is 7.53. The van der Waals surface area contributed by atoms with Gasteiger partial charge in [-0.15, -0.1) is 0 Å². The van der Waals surface area contributed by atoms with E-state index in [0.717, 1.165) is 18.8 Å². The van der Waals surface area contributed by atoms with E-state index in [-0.39, 0.29) is 17.2 Å². The minimum atomic E-state index is -0.362. The van der Waals surface area contributed by atoms with Crippen LogP contribution in [0.1, 0.15) is 66.2 Å². The highest BCUT2D eigenvalue weighted by atomic mass is 16.2. The maximum atomic E-state index is 12.2. The van der Waals surface area contributed by atoms with Crippen molar-refractivity contribution < 1.29 is 9.59 Å². The van der Waals surface area contributed by atoms with Gasteiger partial charge < -0.3 is 10.2 Å². The standard InChI is InChI=1S/C17H32N2O2/c1-13-8-10-14(11-9-13)19(5)15(20)7-6-12-18-16(21)17(2,3)4/h13-14H,6-12H2,1-5H3,(H,18,21). The summed E-state index contributed by atoms with van der Waals surface area (Å²) in [4.78, 5) is 25.8. The van der Waals surface area contributed by atoms with E-state index >= 15 is 0 Å². The molecule has 1 fully saturated rings. The average Bonchev–Trinajstić information content (AvgIpc) is 2.42. The predicted molar refractivity (Wildman–Crippen MR) is 85.9 cm³/mol. The van der Waals surface area contributed by atoms with E-state index in [2.05, 4.69) is 12.2 Å². The summed E-state index contributed by atoms with van der Waals surface area (Å²) >= 11 is 0. The van der Waals surface area contributed by atoms with Crippen molar-refractivity contribution in [3.05, 3.63) is 0 Å². The summed E-state index contributed by atoms with van der Waals surface area (Å²) in [6.45, 7) is 8.55. The first kappa shape index (κ1) is 18.0. The van der Waals surface area contributed by atoms with Crippen molar-refractivity contribution in [3.8, 4) is 0 Å². The number of carbonyl (C=O) groups is 2. The molecule has 1 saturated carbocycles. The number of nitrogens with one attached hydrogen (secondary N) is 1. The molecule has 1 aliphatic rings. The Labute approximate surface area is 129 Å². The SMILES string of the molecule is CC1CCC(N(C)C(=O)CCCNC(=O)C(C)(C)C)CC1. The highest BCUT2D eigenvalue weighted by Crippen LogP contribution is 2.26. The lowest BCUT2D eigenvalue weighted by atomic mass is 9.86. The minimum Gasteiger partial charge on any atom is -0.356 e. The van der Waals surface area contributed by atoms with Crippen molar-refractivity contribution in [3.63, 3.8) is 0 Å². The fraction of sp³-hybridized carbons (Fsp3) is 0.882. The highest BCUT2D eigenvalue weighted by Gasteiger charge is 2.24. The number of hydrogen-bond acceptors (Lipinski definition) is 2. The van der Waals surface area contributed by atoms with Crippen molar-refractivity contribution >= 4 is 11.8 Å². The zero-order chi connectivity index (χ0) is 16.0. The summed E-state index contributed by atoms with van der Waals surface area (Å²) in [7, 11) is 1.93. The van der Waals surface area contributed by atoms with E-state index in [4.69, 9.17) is 0 Å². The monoisotopic (exact) mass is 296 g/mol. The van der Waals surface area contributed by atoms with Crippen molar-refractivity contribution in [2.45, 2.75) is 72.3 Å². The van der Waals surface area contributed by atoms with Crippen LogP contribution >= 0.6 is 0 Å². The normalized spacial score (nSPS) is 22.7. The van der Waals surface area contributed by atoms with Crippen molar-refractivity contribution in [1.82, 2.24) is 10.2 Å². The lowest BCUT2D eigenvalue weighted by Crippen LogP contribution is -2.40. The Kier molecular flexibility index (Phi) is 6.69. The summed E-state index contributed by atoms with van der Waals surface area (Å²) in [5.74, 6) is 1.06. The third kappa shape index (κ3) is 6.06. The van der Waals surface area contributed by atoms with Crippen LogP contribution in [0.2, 0.25) is 0 Å². The van der Waals surface area contributed by atoms with Gasteiger partial charge >= 0.3 is 0 Å². The Hall–Kier alpha value is -1.06. The topological polar surface area (TPSA) is 49.4 Å². The smallest absolute Gasteiger partial charge is 0.225 e. The summed E-state index contributed by atoms with van der Waals surface area (Å²) < 4.78 is 0. The second kappa shape index (κ2) is 7.81. The molecule has 0 heterocycles. The van der Waals surface area contributed by atoms with Gasteiger partial charge in [-0.25, -0.2) is 0 Å². The van der Waals surface area contributed by atoms with E-state index in [1.807, 2.05) is 32.7 Å². The fourth-order valence-electron chi connectivity index (χ4n) is 2.72. The van der Waals surface area contributed by atoms with Crippen LogP contribution in [0.3, 0.4) is 0 Å². The molecule has 0 unspecified atom stereocenters. The van der Waals surface area contributed by atoms with E-state index in [1.54, 1.807) is 0 Å². The Morgan fingerprint density at radius 3 is 2.24 bits per heavy atom. The maximum absolute atomic E-state index is 12.2. The van der Waals surface area contributed by atoms with Gasteiger partial charge in [-0.3, -0.25) is 9.59 Å². The van der Waals surface area contributed by atoms with Gasteiger partial charge in [-0.2, -0.15) is 0 Å². The average molecular weight is 296 g/mol. The molecule has 0 saturated heterocycles. The van der Waals surface area contributed by atoms with Gasteiger partial charge in [0.1, 0.15) is 0 Å². The van der Waals surface area contributed by atoms with Crippen LogP contribution < -0.4 is 5.32 Å². The molecule has 4 heteroatoms. The Morgan fingerprint density at radius 2 is 1.71 bits per heavy atom. The molecule has 122 valence electrons. The number of nitrogens with zero attached hydrogens (tertiary/aromatic N) is 1. The van der Waals surface area contributed by atoms with Crippen LogP contribution in [-0.4, -0.2) is 36.3 Å². The Balaban J connectivity index is 2.23. The van der Waals surface area contributed by atoms with Crippen molar-refractivity contribution in [2.75, 3.05) is 13.6 Å². The van der Waals surface area contributed by atoms with Crippen LogP contribution in [0, 0.1) is 11.3 Å². The maximum Gasteiger partial charge on any atom is 0.225 e. The first-order valence-corrected chi connectivity index (χ1v) is 8.25. The summed E-state index contributed by atoms with van der Waals surface area (Å²) in [5.41, 5.74) is -0.362. The molecule has 0 aromatic rings.